The van der Waals surface area contributed by atoms with Gasteiger partial charge in [0.15, 0.2) is 0 Å². The van der Waals surface area contributed by atoms with Crippen molar-refractivity contribution in [2.24, 2.45) is 0 Å². The van der Waals surface area contributed by atoms with Gasteiger partial charge in [0, 0.05) is 17.1 Å². The number of rotatable bonds is 4. The van der Waals surface area contributed by atoms with Crippen LogP contribution in [0.15, 0.2) is 48.5 Å². The highest BCUT2D eigenvalue weighted by atomic mass is 35.5. The molecule has 2 aromatic rings. The lowest BCUT2D eigenvalue weighted by molar-refractivity contribution is -0.120. The summed E-state index contributed by atoms with van der Waals surface area (Å²) >= 11 is 5.88. The Morgan fingerprint density at radius 3 is 2.53 bits per heavy atom. The first-order valence-electron chi connectivity index (χ1n) is 5.90. The van der Waals surface area contributed by atoms with Crippen LogP contribution in [0.5, 0.6) is 0 Å². The van der Waals surface area contributed by atoms with Crippen molar-refractivity contribution in [3.8, 4) is 0 Å². The zero-order chi connectivity index (χ0) is 13.7. The molecule has 0 aliphatic carbocycles. The number of amides is 1. The van der Waals surface area contributed by atoms with E-state index in [0.717, 1.165) is 5.56 Å². The number of carbonyl (C=O) groups is 1. The van der Waals surface area contributed by atoms with Crippen molar-refractivity contribution in [1.29, 1.82) is 0 Å². The average Bonchev–Trinajstić information content (AvgIpc) is 2.39. The summed E-state index contributed by atoms with van der Waals surface area (Å²) in [5.41, 5.74) is 1.23. The van der Waals surface area contributed by atoms with Gasteiger partial charge in [-0.3, -0.25) is 4.79 Å². The lowest BCUT2D eigenvalue weighted by Crippen LogP contribution is -2.25. The van der Waals surface area contributed by atoms with Gasteiger partial charge in [0.1, 0.15) is 5.82 Å². The van der Waals surface area contributed by atoms with Gasteiger partial charge in [-0.25, -0.2) is 4.39 Å². The van der Waals surface area contributed by atoms with E-state index in [2.05, 4.69) is 5.32 Å². The predicted octanol–water partition coefficient (Wildman–Crippen LogP) is 3.34. The second kappa shape index (κ2) is 6.34. The van der Waals surface area contributed by atoms with Crippen LogP contribution in [0.1, 0.15) is 11.1 Å². The minimum absolute atomic E-state index is 0.0944. The van der Waals surface area contributed by atoms with E-state index in [4.69, 9.17) is 11.6 Å². The zero-order valence-electron chi connectivity index (χ0n) is 10.2. The Balaban J connectivity index is 1.94. The Morgan fingerprint density at radius 1 is 1.11 bits per heavy atom. The van der Waals surface area contributed by atoms with Gasteiger partial charge in [-0.2, -0.15) is 0 Å². The van der Waals surface area contributed by atoms with Crippen LogP contribution in [0.3, 0.4) is 0 Å². The van der Waals surface area contributed by atoms with E-state index in [9.17, 15) is 9.18 Å². The minimum Gasteiger partial charge on any atom is -0.352 e. The summed E-state index contributed by atoms with van der Waals surface area (Å²) in [6.45, 7) is 0.0944. The SMILES string of the molecule is O=C(Cc1ccccc1)NCc1c(F)cccc1Cl. The van der Waals surface area contributed by atoms with Gasteiger partial charge in [0.2, 0.25) is 5.91 Å². The molecule has 98 valence electrons. The Labute approximate surface area is 116 Å². The van der Waals surface area contributed by atoms with Crippen LogP contribution in [0.2, 0.25) is 5.02 Å². The van der Waals surface area contributed by atoms with E-state index in [1.54, 1.807) is 6.07 Å². The number of hydrogen-bond acceptors (Lipinski definition) is 1. The smallest absolute Gasteiger partial charge is 0.224 e. The Bertz CT molecular complexity index is 551. The highest BCUT2D eigenvalue weighted by Crippen LogP contribution is 2.18. The van der Waals surface area contributed by atoms with Crippen molar-refractivity contribution < 1.29 is 9.18 Å². The monoisotopic (exact) mass is 277 g/mol. The van der Waals surface area contributed by atoms with Crippen LogP contribution in [-0.2, 0) is 17.8 Å². The molecule has 0 radical (unpaired) electrons. The normalized spacial score (nSPS) is 10.2. The van der Waals surface area contributed by atoms with Crippen LogP contribution < -0.4 is 5.32 Å². The van der Waals surface area contributed by atoms with E-state index in [-0.39, 0.29) is 18.9 Å². The van der Waals surface area contributed by atoms with Crippen molar-refractivity contribution in [1.82, 2.24) is 5.32 Å². The van der Waals surface area contributed by atoms with Crippen LogP contribution in [0, 0.1) is 5.82 Å². The van der Waals surface area contributed by atoms with E-state index < -0.39 is 5.82 Å². The number of halogens is 2. The average molecular weight is 278 g/mol. The van der Waals surface area contributed by atoms with Crippen molar-refractivity contribution in [3.63, 3.8) is 0 Å². The molecule has 0 fully saturated rings. The lowest BCUT2D eigenvalue weighted by atomic mass is 10.1. The fourth-order valence-electron chi connectivity index (χ4n) is 1.73. The summed E-state index contributed by atoms with van der Waals surface area (Å²) in [5.74, 6) is -0.571. The quantitative estimate of drug-likeness (QED) is 0.912. The number of benzene rings is 2. The number of carbonyl (C=O) groups excluding carboxylic acids is 1. The number of nitrogens with one attached hydrogen (secondary N) is 1. The molecule has 1 N–H and O–H groups in total. The maximum atomic E-state index is 13.5. The Kier molecular flexibility index (Phi) is 4.53. The Morgan fingerprint density at radius 2 is 1.84 bits per heavy atom. The van der Waals surface area contributed by atoms with Gasteiger partial charge in [0.05, 0.1) is 6.42 Å². The molecule has 4 heteroatoms. The van der Waals surface area contributed by atoms with Crippen LogP contribution in [-0.4, -0.2) is 5.91 Å². The largest absolute Gasteiger partial charge is 0.352 e. The van der Waals surface area contributed by atoms with Gasteiger partial charge in [-0.15, -0.1) is 0 Å². The van der Waals surface area contributed by atoms with Crippen LogP contribution >= 0.6 is 11.6 Å². The van der Waals surface area contributed by atoms with Crippen LogP contribution in [0.25, 0.3) is 0 Å². The van der Waals surface area contributed by atoms with Gasteiger partial charge >= 0.3 is 0 Å². The molecule has 0 atom stereocenters. The molecule has 0 spiro atoms. The third-order valence-electron chi connectivity index (χ3n) is 2.73. The molecular formula is C15H13ClFNO. The molecule has 0 unspecified atom stereocenters. The molecule has 1 amide bonds. The van der Waals surface area contributed by atoms with E-state index in [0.29, 0.717) is 10.6 Å². The highest BCUT2D eigenvalue weighted by molar-refractivity contribution is 6.31. The Hall–Kier alpha value is -1.87. The summed E-state index contributed by atoms with van der Waals surface area (Å²) in [6, 6.07) is 13.8. The second-order valence-electron chi connectivity index (χ2n) is 4.14. The molecule has 0 saturated heterocycles. The highest BCUT2D eigenvalue weighted by Gasteiger charge is 2.08. The molecule has 0 bridgehead atoms. The molecular weight excluding hydrogens is 265 g/mol. The molecule has 0 aromatic heterocycles. The maximum absolute atomic E-state index is 13.5. The van der Waals surface area contributed by atoms with Gasteiger partial charge in [-0.05, 0) is 17.7 Å². The third-order valence-corrected chi connectivity index (χ3v) is 3.09. The standard InChI is InChI=1S/C15H13ClFNO/c16-13-7-4-8-14(17)12(13)10-18-15(19)9-11-5-2-1-3-6-11/h1-8H,9-10H2,(H,18,19). The van der Waals surface area contributed by atoms with Crippen LogP contribution in [0.4, 0.5) is 4.39 Å². The molecule has 2 nitrogen and oxygen atoms in total. The summed E-state index contributed by atoms with van der Waals surface area (Å²) in [4.78, 5) is 11.7. The fraction of sp³-hybridized carbons (Fsp3) is 0.133. The van der Waals surface area contributed by atoms with Gasteiger partial charge < -0.3 is 5.32 Å². The topological polar surface area (TPSA) is 29.1 Å². The van der Waals surface area contributed by atoms with E-state index >= 15 is 0 Å². The minimum atomic E-state index is -0.410. The molecule has 2 aromatic carbocycles. The fourth-order valence-corrected chi connectivity index (χ4v) is 1.96. The maximum Gasteiger partial charge on any atom is 0.224 e. The molecule has 0 aliphatic heterocycles. The molecule has 0 aliphatic rings. The van der Waals surface area contributed by atoms with Gasteiger partial charge in [0.25, 0.3) is 0 Å². The zero-order valence-corrected chi connectivity index (χ0v) is 11.0. The molecule has 0 heterocycles. The predicted molar refractivity (Wildman–Crippen MR) is 73.4 cm³/mol. The van der Waals surface area contributed by atoms with Crippen molar-refractivity contribution in [2.45, 2.75) is 13.0 Å². The van der Waals surface area contributed by atoms with Crippen molar-refractivity contribution >= 4 is 17.5 Å². The lowest BCUT2D eigenvalue weighted by Gasteiger charge is -2.08. The first-order chi connectivity index (χ1) is 9.16. The molecule has 19 heavy (non-hydrogen) atoms. The summed E-state index contributed by atoms with van der Waals surface area (Å²) in [7, 11) is 0. The van der Waals surface area contributed by atoms with Gasteiger partial charge in [-0.1, -0.05) is 48.0 Å². The summed E-state index contributed by atoms with van der Waals surface area (Å²) in [6.07, 6.45) is 0.271. The number of hydrogen-bond donors (Lipinski definition) is 1. The second-order valence-corrected chi connectivity index (χ2v) is 4.55. The molecule has 2 rings (SSSR count). The van der Waals surface area contributed by atoms with Crippen molar-refractivity contribution in [3.05, 3.63) is 70.5 Å². The summed E-state index contributed by atoms with van der Waals surface area (Å²) < 4.78 is 13.5. The van der Waals surface area contributed by atoms with E-state index in [1.807, 2.05) is 30.3 Å². The first-order valence-corrected chi connectivity index (χ1v) is 6.28. The molecule has 0 saturated carbocycles. The summed E-state index contributed by atoms with van der Waals surface area (Å²) in [5, 5.41) is 2.99. The van der Waals surface area contributed by atoms with E-state index in [1.165, 1.54) is 12.1 Å². The first kappa shape index (κ1) is 13.6. The van der Waals surface area contributed by atoms with Crippen molar-refractivity contribution in [2.75, 3.05) is 0 Å². The third kappa shape index (κ3) is 3.80.